The van der Waals surface area contributed by atoms with Crippen LogP contribution in [0.25, 0.3) is 10.9 Å². The number of rotatable bonds is 1. The van der Waals surface area contributed by atoms with Crippen molar-refractivity contribution in [1.29, 1.82) is 0 Å². The monoisotopic (exact) mass is 262 g/mol. The molecule has 3 rings (SSSR count). The molecule has 0 amide bonds. The van der Waals surface area contributed by atoms with Crippen LogP contribution < -0.4 is 11.2 Å². The summed E-state index contributed by atoms with van der Waals surface area (Å²) in [5.74, 6) is 1.86. The average Bonchev–Trinajstić information content (AvgIpc) is 2.82. The van der Waals surface area contributed by atoms with Gasteiger partial charge in [0, 0.05) is 5.75 Å². The Morgan fingerprint density at radius 2 is 2.22 bits per heavy atom. The van der Waals surface area contributed by atoms with Crippen LogP contribution in [0.4, 0.5) is 0 Å². The van der Waals surface area contributed by atoms with E-state index < -0.39 is 0 Å². The summed E-state index contributed by atoms with van der Waals surface area (Å²) < 4.78 is 1.39. The number of hydrogen-bond acceptors (Lipinski definition) is 3. The lowest BCUT2D eigenvalue weighted by molar-refractivity contribution is 0.519. The third-order valence-corrected chi connectivity index (χ3v) is 4.50. The lowest BCUT2D eigenvalue weighted by Crippen LogP contribution is -2.38. The molecule has 0 spiro atoms. The van der Waals surface area contributed by atoms with E-state index in [1.807, 2.05) is 19.1 Å². The molecule has 1 unspecified atom stereocenters. The highest BCUT2D eigenvalue weighted by atomic mass is 32.2. The summed E-state index contributed by atoms with van der Waals surface area (Å²) in [6, 6.07) is 5.57. The van der Waals surface area contributed by atoms with E-state index in [-0.39, 0.29) is 17.3 Å². The zero-order valence-electron chi connectivity index (χ0n) is 10.1. The van der Waals surface area contributed by atoms with Crippen molar-refractivity contribution in [3.8, 4) is 0 Å². The van der Waals surface area contributed by atoms with Gasteiger partial charge in [0.1, 0.15) is 0 Å². The van der Waals surface area contributed by atoms with Crippen molar-refractivity contribution in [2.75, 3.05) is 11.5 Å². The van der Waals surface area contributed by atoms with Crippen LogP contribution in [-0.2, 0) is 0 Å². The van der Waals surface area contributed by atoms with Gasteiger partial charge in [0.25, 0.3) is 5.56 Å². The van der Waals surface area contributed by atoms with Gasteiger partial charge in [-0.3, -0.25) is 9.36 Å². The van der Waals surface area contributed by atoms with Crippen molar-refractivity contribution in [3.63, 3.8) is 0 Å². The number of nitrogens with zero attached hydrogens (tertiary/aromatic N) is 1. The average molecular weight is 262 g/mol. The summed E-state index contributed by atoms with van der Waals surface area (Å²) in [6.45, 7) is 1.94. The number of fused-ring (bicyclic) bond motifs is 1. The third kappa shape index (κ3) is 1.79. The number of H-pyrrole nitrogens is 1. The smallest absolute Gasteiger partial charge is 0.307 e. The Hall–Kier alpha value is -1.49. The van der Waals surface area contributed by atoms with Crippen molar-refractivity contribution < 1.29 is 0 Å². The number of aryl methyl sites for hydroxylation is 1. The molecule has 1 atom stereocenters. The van der Waals surface area contributed by atoms with E-state index in [0.717, 1.165) is 23.5 Å². The van der Waals surface area contributed by atoms with Crippen molar-refractivity contribution in [2.45, 2.75) is 19.4 Å². The van der Waals surface area contributed by atoms with E-state index in [2.05, 4.69) is 4.98 Å². The van der Waals surface area contributed by atoms with Gasteiger partial charge in [-0.25, -0.2) is 4.79 Å². The molecule has 1 saturated heterocycles. The van der Waals surface area contributed by atoms with Crippen LogP contribution >= 0.6 is 11.8 Å². The number of aromatic amines is 1. The second-order valence-corrected chi connectivity index (χ2v) is 5.82. The van der Waals surface area contributed by atoms with Gasteiger partial charge in [-0.2, -0.15) is 11.8 Å². The molecule has 2 aromatic rings. The first-order chi connectivity index (χ1) is 8.66. The fourth-order valence-electron chi connectivity index (χ4n) is 2.40. The Bertz CT molecular complexity index is 711. The molecule has 5 heteroatoms. The van der Waals surface area contributed by atoms with Gasteiger partial charge in [0.05, 0.1) is 16.9 Å². The summed E-state index contributed by atoms with van der Waals surface area (Å²) in [6.07, 6.45) is 0.894. The Kier molecular flexibility index (Phi) is 2.78. The molecule has 0 saturated carbocycles. The Morgan fingerprint density at radius 1 is 1.39 bits per heavy atom. The summed E-state index contributed by atoms with van der Waals surface area (Å²) in [5, 5.41) is 0.595. The molecule has 4 nitrogen and oxygen atoms in total. The molecule has 0 aliphatic carbocycles. The lowest BCUT2D eigenvalue weighted by atomic mass is 10.1. The van der Waals surface area contributed by atoms with Gasteiger partial charge in [0.15, 0.2) is 0 Å². The topological polar surface area (TPSA) is 54.9 Å². The van der Waals surface area contributed by atoms with Crippen LogP contribution in [0.3, 0.4) is 0 Å². The van der Waals surface area contributed by atoms with Crippen molar-refractivity contribution in [2.24, 2.45) is 0 Å². The SMILES string of the molecule is Cc1ccc2c(=O)n(C3CCSC3)c(=O)[nH]c2c1. The molecule has 1 fully saturated rings. The van der Waals surface area contributed by atoms with Crippen LogP contribution in [0.2, 0.25) is 0 Å². The molecule has 1 aliphatic rings. The van der Waals surface area contributed by atoms with Gasteiger partial charge in [-0.05, 0) is 36.8 Å². The number of nitrogens with one attached hydrogen (secondary N) is 1. The van der Waals surface area contributed by atoms with Gasteiger partial charge in [0.2, 0.25) is 0 Å². The summed E-state index contributed by atoms with van der Waals surface area (Å²) in [4.78, 5) is 27.2. The highest BCUT2D eigenvalue weighted by molar-refractivity contribution is 7.99. The van der Waals surface area contributed by atoms with E-state index in [4.69, 9.17) is 0 Å². The molecule has 1 aromatic heterocycles. The van der Waals surface area contributed by atoms with E-state index >= 15 is 0 Å². The zero-order chi connectivity index (χ0) is 12.7. The molecule has 18 heavy (non-hydrogen) atoms. The van der Waals surface area contributed by atoms with Crippen LogP contribution in [0.5, 0.6) is 0 Å². The summed E-state index contributed by atoms with van der Waals surface area (Å²) in [7, 11) is 0. The molecule has 0 radical (unpaired) electrons. The number of benzene rings is 1. The molecule has 2 heterocycles. The number of hydrogen-bond donors (Lipinski definition) is 1. The van der Waals surface area contributed by atoms with Crippen molar-refractivity contribution in [3.05, 3.63) is 44.6 Å². The summed E-state index contributed by atoms with van der Waals surface area (Å²) in [5.41, 5.74) is 1.21. The first-order valence-electron chi connectivity index (χ1n) is 6.00. The van der Waals surface area contributed by atoms with E-state index in [9.17, 15) is 9.59 Å². The van der Waals surface area contributed by atoms with E-state index in [1.165, 1.54) is 4.57 Å². The van der Waals surface area contributed by atoms with Crippen molar-refractivity contribution >= 4 is 22.7 Å². The van der Waals surface area contributed by atoms with Gasteiger partial charge >= 0.3 is 5.69 Å². The number of aromatic nitrogens is 2. The van der Waals surface area contributed by atoms with E-state index in [0.29, 0.717) is 10.9 Å². The molecule has 0 bridgehead atoms. The summed E-state index contributed by atoms with van der Waals surface area (Å²) >= 11 is 1.79. The molecular formula is C13H14N2O2S. The largest absolute Gasteiger partial charge is 0.329 e. The Balaban J connectivity index is 2.30. The highest BCUT2D eigenvalue weighted by Gasteiger charge is 2.21. The minimum atomic E-state index is -0.286. The third-order valence-electron chi connectivity index (χ3n) is 3.36. The van der Waals surface area contributed by atoms with Gasteiger partial charge in [-0.1, -0.05) is 6.07 Å². The molecular weight excluding hydrogens is 248 g/mol. The van der Waals surface area contributed by atoms with Crippen LogP contribution in [0.1, 0.15) is 18.0 Å². The zero-order valence-corrected chi connectivity index (χ0v) is 10.9. The predicted octanol–water partition coefficient (Wildman–Crippen LogP) is 1.68. The van der Waals surface area contributed by atoms with Gasteiger partial charge in [-0.15, -0.1) is 0 Å². The standard InChI is InChI=1S/C13H14N2O2S/c1-8-2-3-10-11(6-8)14-13(17)15(12(10)16)9-4-5-18-7-9/h2-3,6,9H,4-5,7H2,1H3,(H,14,17). The predicted molar refractivity (Wildman–Crippen MR) is 74.5 cm³/mol. The van der Waals surface area contributed by atoms with Crippen molar-refractivity contribution in [1.82, 2.24) is 9.55 Å². The van der Waals surface area contributed by atoms with Crippen LogP contribution in [0.15, 0.2) is 27.8 Å². The molecule has 1 aliphatic heterocycles. The first kappa shape index (κ1) is 11.6. The minimum absolute atomic E-state index is 0.0388. The molecule has 1 N–H and O–H groups in total. The fourth-order valence-corrected chi connectivity index (χ4v) is 3.60. The Morgan fingerprint density at radius 3 is 2.94 bits per heavy atom. The minimum Gasteiger partial charge on any atom is -0.307 e. The maximum Gasteiger partial charge on any atom is 0.329 e. The number of thioether (sulfide) groups is 1. The lowest BCUT2D eigenvalue weighted by Gasteiger charge is -2.12. The second-order valence-electron chi connectivity index (χ2n) is 4.67. The Labute approximate surface area is 108 Å². The molecule has 94 valence electrons. The highest BCUT2D eigenvalue weighted by Crippen LogP contribution is 2.25. The second kappa shape index (κ2) is 4.31. The van der Waals surface area contributed by atoms with Crippen LogP contribution in [-0.4, -0.2) is 21.1 Å². The maximum atomic E-state index is 12.4. The normalized spacial score (nSPS) is 19.5. The first-order valence-corrected chi connectivity index (χ1v) is 7.15. The maximum absolute atomic E-state index is 12.4. The fraction of sp³-hybridized carbons (Fsp3) is 0.385. The van der Waals surface area contributed by atoms with E-state index in [1.54, 1.807) is 17.8 Å². The molecule has 1 aromatic carbocycles. The van der Waals surface area contributed by atoms with Gasteiger partial charge < -0.3 is 4.98 Å². The quantitative estimate of drug-likeness (QED) is 0.850. The van der Waals surface area contributed by atoms with Crippen LogP contribution in [0, 0.1) is 6.92 Å².